The van der Waals surface area contributed by atoms with Gasteiger partial charge in [-0.3, -0.25) is 4.79 Å². The SMILES string of the molecule is Nc1ncn(CC(=O)NCc2ccc(Br)s2)n1. The number of nitrogens with two attached hydrogens (primary N) is 1. The Labute approximate surface area is 110 Å². The first-order chi connectivity index (χ1) is 8.13. The standard InChI is InChI=1S/C9H10BrN5OS/c10-7-2-1-6(17-7)3-12-8(16)4-15-5-13-9(11)14-15/h1-2,5H,3-4H2,(H2,11,14)(H,12,16). The van der Waals surface area contributed by atoms with E-state index in [4.69, 9.17) is 5.73 Å². The number of carbonyl (C=O) groups excluding carboxylic acids is 1. The van der Waals surface area contributed by atoms with Gasteiger partial charge < -0.3 is 11.1 Å². The van der Waals surface area contributed by atoms with Crippen molar-refractivity contribution < 1.29 is 4.79 Å². The van der Waals surface area contributed by atoms with Gasteiger partial charge in [0.2, 0.25) is 11.9 Å². The summed E-state index contributed by atoms with van der Waals surface area (Å²) >= 11 is 4.95. The number of thiophene rings is 1. The minimum absolute atomic E-state index is 0.122. The number of halogens is 1. The summed E-state index contributed by atoms with van der Waals surface area (Å²) in [6, 6.07) is 3.91. The van der Waals surface area contributed by atoms with E-state index in [1.807, 2.05) is 12.1 Å². The number of nitrogens with one attached hydrogen (secondary N) is 1. The molecule has 6 nitrogen and oxygen atoms in total. The first-order valence-corrected chi connectivity index (χ1v) is 6.40. The molecule has 90 valence electrons. The van der Waals surface area contributed by atoms with Crippen molar-refractivity contribution in [2.45, 2.75) is 13.1 Å². The molecule has 0 aliphatic rings. The second-order valence-electron chi connectivity index (χ2n) is 3.28. The fourth-order valence-corrected chi connectivity index (χ4v) is 2.64. The van der Waals surface area contributed by atoms with Crippen LogP contribution in [0, 0.1) is 0 Å². The van der Waals surface area contributed by atoms with Crippen LogP contribution in [0.4, 0.5) is 5.95 Å². The lowest BCUT2D eigenvalue weighted by Gasteiger charge is -2.02. The molecule has 0 radical (unpaired) electrons. The lowest BCUT2D eigenvalue weighted by Crippen LogP contribution is -2.27. The third-order valence-electron chi connectivity index (χ3n) is 1.95. The third-order valence-corrected chi connectivity index (χ3v) is 3.57. The number of nitrogen functional groups attached to an aromatic ring is 1. The Morgan fingerprint density at radius 1 is 1.59 bits per heavy atom. The van der Waals surface area contributed by atoms with E-state index in [1.165, 1.54) is 11.0 Å². The van der Waals surface area contributed by atoms with E-state index < -0.39 is 0 Å². The van der Waals surface area contributed by atoms with E-state index in [2.05, 4.69) is 31.3 Å². The lowest BCUT2D eigenvalue weighted by molar-refractivity contribution is -0.122. The summed E-state index contributed by atoms with van der Waals surface area (Å²) in [5, 5.41) is 6.62. The van der Waals surface area contributed by atoms with Gasteiger partial charge in [0.1, 0.15) is 12.9 Å². The molecule has 2 aromatic rings. The molecule has 2 aromatic heterocycles. The molecule has 0 atom stereocenters. The molecule has 0 aliphatic carbocycles. The predicted octanol–water partition coefficient (Wildman–Crippen LogP) is 1.00. The molecule has 0 aliphatic heterocycles. The summed E-state index contributed by atoms with van der Waals surface area (Å²) < 4.78 is 2.44. The number of aromatic nitrogens is 3. The van der Waals surface area contributed by atoms with Gasteiger partial charge in [0.25, 0.3) is 0 Å². The number of hydrogen-bond donors (Lipinski definition) is 2. The van der Waals surface area contributed by atoms with Crippen LogP contribution in [-0.2, 0) is 17.9 Å². The zero-order chi connectivity index (χ0) is 12.3. The fourth-order valence-electron chi connectivity index (χ4n) is 1.22. The lowest BCUT2D eigenvalue weighted by atomic mass is 10.4. The predicted molar refractivity (Wildman–Crippen MR) is 68.3 cm³/mol. The second-order valence-corrected chi connectivity index (χ2v) is 5.83. The number of nitrogens with zero attached hydrogens (tertiary/aromatic N) is 3. The van der Waals surface area contributed by atoms with Crippen molar-refractivity contribution in [2.75, 3.05) is 5.73 Å². The van der Waals surface area contributed by atoms with Gasteiger partial charge in [-0.2, -0.15) is 0 Å². The first-order valence-electron chi connectivity index (χ1n) is 4.79. The smallest absolute Gasteiger partial charge is 0.242 e. The molecule has 0 fully saturated rings. The summed E-state index contributed by atoms with van der Waals surface area (Å²) in [5.74, 6) is 0.0411. The van der Waals surface area contributed by atoms with Gasteiger partial charge >= 0.3 is 0 Å². The van der Waals surface area contributed by atoms with E-state index in [0.717, 1.165) is 8.66 Å². The largest absolute Gasteiger partial charge is 0.367 e. The van der Waals surface area contributed by atoms with Gasteiger partial charge in [0, 0.05) is 4.88 Å². The molecule has 2 heterocycles. The average Bonchev–Trinajstić information content (AvgIpc) is 2.85. The van der Waals surface area contributed by atoms with Crippen LogP contribution in [0.25, 0.3) is 0 Å². The Morgan fingerprint density at radius 2 is 2.41 bits per heavy atom. The monoisotopic (exact) mass is 315 g/mol. The molecule has 1 amide bonds. The second kappa shape index (κ2) is 5.28. The van der Waals surface area contributed by atoms with Crippen LogP contribution in [0.15, 0.2) is 22.2 Å². The maximum atomic E-state index is 11.6. The molecule has 0 saturated carbocycles. The Hall–Kier alpha value is -1.41. The van der Waals surface area contributed by atoms with Crippen molar-refractivity contribution in [3.8, 4) is 0 Å². The normalized spacial score (nSPS) is 10.4. The molecule has 17 heavy (non-hydrogen) atoms. The fraction of sp³-hybridized carbons (Fsp3) is 0.222. The van der Waals surface area contributed by atoms with Crippen molar-refractivity contribution in [2.24, 2.45) is 0 Å². The zero-order valence-electron chi connectivity index (χ0n) is 8.76. The summed E-state index contributed by atoms with van der Waals surface area (Å²) in [7, 11) is 0. The summed E-state index contributed by atoms with van der Waals surface area (Å²) in [6.45, 7) is 0.635. The molecule has 0 bridgehead atoms. The Balaban J connectivity index is 1.82. The highest BCUT2D eigenvalue weighted by molar-refractivity contribution is 9.11. The zero-order valence-corrected chi connectivity index (χ0v) is 11.2. The van der Waals surface area contributed by atoms with Crippen LogP contribution >= 0.6 is 27.3 Å². The first kappa shape index (κ1) is 12.1. The number of hydrogen-bond acceptors (Lipinski definition) is 5. The van der Waals surface area contributed by atoms with Crippen molar-refractivity contribution >= 4 is 39.1 Å². The molecule has 0 saturated heterocycles. The van der Waals surface area contributed by atoms with Crippen molar-refractivity contribution in [1.29, 1.82) is 0 Å². The van der Waals surface area contributed by atoms with Crippen LogP contribution in [0.1, 0.15) is 4.88 Å². The summed E-state index contributed by atoms with van der Waals surface area (Å²) in [4.78, 5) is 16.4. The summed E-state index contributed by atoms with van der Waals surface area (Å²) in [6.07, 6.45) is 1.43. The van der Waals surface area contributed by atoms with Crippen LogP contribution in [-0.4, -0.2) is 20.7 Å². The number of amides is 1. The maximum absolute atomic E-state index is 11.6. The van der Waals surface area contributed by atoms with E-state index in [9.17, 15) is 4.79 Å². The van der Waals surface area contributed by atoms with Crippen LogP contribution in [0.2, 0.25) is 0 Å². The molecular formula is C9H10BrN5OS. The van der Waals surface area contributed by atoms with Crippen molar-refractivity contribution in [1.82, 2.24) is 20.1 Å². The highest BCUT2D eigenvalue weighted by Gasteiger charge is 2.05. The van der Waals surface area contributed by atoms with Crippen LogP contribution < -0.4 is 11.1 Å². The minimum Gasteiger partial charge on any atom is -0.367 e. The molecule has 0 unspecified atom stereocenters. The number of rotatable bonds is 4. The molecule has 8 heteroatoms. The van der Waals surface area contributed by atoms with Gasteiger partial charge in [0.15, 0.2) is 0 Å². The molecular weight excluding hydrogens is 306 g/mol. The molecule has 0 spiro atoms. The third kappa shape index (κ3) is 3.53. The highest BCUT2D eigenvalue weighted by Crippen LogP contribution is 2.21. The molecule has 3 N–H and O–H groups in total. The summed E-state index contributed by atoms with van der Waals surface area (Å²) in [5.41, 5.74) is 5.34. The molecule has 0 aromatic carbocycles. The van der Waals surface area contributed by atoms with Crippen molar-refractivity contribution in [3.05, 3.63) is 27.1 Å². The van der Waals surface area contributed by atoms with Crippen LogP contribution in [0.5, 0.6) is 0 Å². The van der Waals surface area contributed by atoms with Gasteiger partial charge in [-0.15, -0.1) is 16.4 Å². The van der Waals surface area contributed by atoms with E-state index in [-0.39, 0.29) is 18.4 Å². The Morgan fingerprint density at radius 3 is 3.00 bits per heavy atom. The quantitative estimate of drug-likeness (QED) is 0.881. The van der Waals surface area contributed by atoms with Crippen molar-refractivity contribution in [3.63, 3.8) is 0 Å². The maximum Gasteiger partial charge on any atom is 0.242 e. The Kier molecular flexibility index (Phi) is 3.75. The Bertz CT molecular complexity index is 523. The number of carbonyl (C=O) groups is 1. The highest BCUT2D eigenvalue weighted by atomic mass is 79.9. The van der Waals surface area contributed by atoms with Gasteiger partial charge in [-0.25, -0.2) is 9.67 Å². The van der Waals surface area contributed by atoms with Gasteiger partial charge in [-0.1, -0.05) is 0 Å². The van der Waals surface area contributed by atoms with Crippen LogP contribution in [0.3, 0.4) is 0 Å². The van der Waals surface area contributed by atoms with Gasteiger partial charge in [-0.05, 0) is 28.1 Å². The van der Waals surface area contributed by atoms with Gasteiger partial charge in [0.05, 0.1) is 10.3 Å². The van der Waals surface area contributed by atoms with E-state index in [0.29, 0.717) is 6.54 Å². The van der Waals surface area contributed by atoms with E-state index in [1.54, 1.807) is 11.3 Å². The number of anilines is 1. The topological polar surface area (TPSA) is 85.8 Å². The average molecular weight is 316 g/mol. The van der Waals surface area contributed by atoms with E-state index >= 15 is 0 Å². The minimum atomic E-state index is -0.126. The molecule has 2 rings (SSSR count).